The van der Waals surface area contributed by atoms with Crippen molar-refractivity contribution in [1.82, 2.24) is 4.90 Å². The Morgan fingerprint density at radius 2 is 1.61 bits per heavy atom. The minimum Gasteiger partial charge on any atom is -0.508 e. The van der Waals surface area contributed by atoms with E-state index in [2.05, 4.69) is 4.90 Å². The number of anilines is 1. The van der Waals surface area contributed by atoms with Gasteiger partial charge in [0.05, 0.1) is 15.6 Å². The van der Waals surface area contributed by atoms with Crippen molar-refractivity contribution in [3.05, 3.63) is 58.1 Å². The molecule has 1 aliphatic rings. The largest absolute Gasteiger partial charge is 0.508 e. The molecular formula is C17H16Cl2N2O2. The topological polar surface area (TPSA) is 43.8 Å². The third kappa shape index (κ3) is 3.38. The maximum Gasteiger partial charge on any atom is 0.255 e. The van der Waals surface area contributed by atoms with Gasteiger partial charge in [-0.15, -0.1) is 0 Å². The molecule has 0 aromatic heterocycles. The number of nitrogens with zero attached hydrogens (tertiary/aromatic N) is 2. The molecule has 0 bridgehead atoms. The van der Waals surface area contributed by atoms with Gasteiger partial charge < -0.3 is 14.9 Å². The van der Waals surface area contributed by atoms with E-state index in [-0.39, 0.29) is 11.7 Å². The van der Waals surface area contributed by atoms with E-state index in [9.17, 15) is 9.90 Å². The summed E-state index contributed by atoms with van der Waals surface area (Å²) in [5, 5.41) is 10.0. The zero-order valence-corrected chi connectivity index (χ0v) is 13.9. The quantitative estimate of drug-likeness (QED) is 0.898. The standard InChI is InChI=1S/C17H16Cl2N2O2/c18-15-3-1-2-14(16(15)19)17(23)21-10-8-20(9-11-21)12-4-6-13(22)7-5-12/h1-7,22H,8-11H2. The van der Waals surface area contributed by atoms with Crippen molar-refractivity contribution >= 4 is 34.8 Å². The number of hydrogen-bond acceptors (Lipinski definition) is 3. The summed E-state index contributed by atoms with van der Waals surface area (Å²) in [6, 6.07) is 12.2. The minimum atomic E-state index is -0.0946. The Morgan fingerprint density at radius 1 is 0.957 bits per heavy atom. The number of carbonyl (C=O) groups is 1. The number of phenolic OH excluding ortho intramolecular Hbond substituents is 1. The molecule has 1 fully saturated rings. The molecule has 4 nitrogen and oxygen atoms in total. The number of aromatic hydroxyl groups is 1. The van der Waals surface area contributed by atoms with Crippen LogP contribution in [0, 0.1) is 0 Å². The van der Waals surface area contributed by atoms with E-state index in [4.69, 9.17) is 23.2 Å². The number of halogens is 2. The van der Waals surface area contributed by atoms with Gasteiger partial charge in [0.2, 0.25) is 0 Å². The smallest absolute Gasteiger partial charge is 0.255 e. The van der Waals surface area contributed by atoms with Gasteiger partial charge in [0, 0.05) is 31.9 Å². The molecule has 0 aliphatic carbocycles. The number of hydrogen-bond donors (Lipinski definition) is 1. The van der Waals surface area contributed by atoms with Crippen LogP contribution in [-0.4, -0.2) is 42.1 Å². The zero-order valence-electron chi connectivity index (χ0n) is 12.4. The van der Waals surface area contributed by atoms with Crippen molar-refractivity contribution in [1.29, 1.82) is 0 Å². The average molecular weight is 351 g/mol. The molecular weight excluding hydrogens is 335 g/mol. The van der Waals surface area contributed by atoms with Crippen LogP contribution in [0.4, 0.5) is 5.69 Å². The number of piperazine rings is 1. The highest BCUT2D eigenvalue weighted by Gasteiger charge is 2.24. The lowest BCUT2D eigenvalue weighted by Gasteiger charge is -2.36. The van der Waals surface area contributed by atoms with E-state index in [1.54, 1.807) is 35.2 Å². The summed E-state index contributed by atoms with van der Waals surface area (Å²) in [7, 11) is 0. The molecule has 1 aliphatic heterocycles. The molecule has 0 radical (unpaired) electrons. The van der Waals surface area contributed by atoms with E-state index in [1.807, 2.05) is 12.1 Å². The van der Waals surface area contributed by atoms with Crippen LogP contribution in [0.25, 0.3) is 0 Å². The van der Waals surface area contributed by atoms with Crippen LogP contribution in [0.15, 0.2) is 42.5 Å². The highest BCUT2D eigenvalue weighted by atomic mass is 35.5. The number of carbonyl (C=O) groups excluding carboxylic acids is 1. The van der Waals surface area contributed by atoms with Crippen molar-refractivity contribution < 1.29 is 9.90 Å². The van der Waals surface area contributed by atoms with Crippen LogP contribution in [0.1, 0.15) is 10.4 Å². The Morgan fingerprint density at radius 3 is 2.26 bits per heavy atom. The summed E-state index contributed by atoms with van der Waals surface area (Å²) < 4.78 is 0. The number of phenols is 1. The van der Waals surface area contributed by atoms with E-state index in [0.29, 0.717) is 28.7 Å². The lowest BCUT2D eigenvalue weighted by atomic mass is 10.1. The second-order valence-electron chi connectivity index (χ2n) is 5.40. The Bertz CT molecular complexity index is 711. The molecule has 1 amide bonds. The Kier molecular flexibility index (Phi) is 4.64. The van der Waals surface area contributed by atoms with Gasteiger partial charge in [0.1, 0.15) is 5.75 Å². The third-order valence-corrected chi connectivity index (χ3v) is 4.78. The maximum absolute atomic E-state index is 12.6. The Labute approximate surface area is 144 Å². The molecule has 1 saturated heterocycles. The van der Waals surface area contributed by atoms with Crippen LogP contribution in [0.5, 0.6) is 5.75 Å². The summed E-state index contributed by atoms with van der Waals surface area (Å²) in [5.41, 5.74) is 1.48. The Hall–Kier alpha value is -1.91. The number of rotatable bonds is 2. The van der Waals surface area contributed by atoms with E-state index >= 15 is 0 Å². The molecule has 0 saturated carbocycles. The first-order valence-corrected chi connectivity index (χ1v) is 8.09. The van der Waals surface area contributed by atoms with Crippen molar-refractivity contribution in [2.75, 3.05) is 31.1 Å². The molecule has 23 heavy (non-hydrogen) atoms. The van der Waals surface area contributed by atoms with Crippen LogP contribution in [0.2, 0.25) is 10.0 Å². The van der Waals surface area contributed by atoms with Crippen LogP contribution >= 0.6 is 23.2 Å². The van der Waals surface area contributed by atoms with E-state index in [1.165, 1.54) is 0 Å². The maximum atomic E-state index is 12.6. The Balaban J connectivity index is 1.68. The van der Waals surface area contributed by atoms with Crippen molar-refractivity contribution in [3.63, 3.8) is 0 Å². The summed E-state index contributed by atoms with van der Waals surface area (Å²) >= 11 is 12.1. The SMILES string of the molecule is O=C(c1cccc(Cl)c1Cl)N1CCN(c2ccc(O)cc2)CC1. The van der Waals surface area contributed by atoms with Crippen molar-refractivity contribution in [2.24, 2.45) is 0 Å². The highest BCUT2D eigenvalue weighted by molar-refractivity contribution is 6.43. The molecule has 0 spiro atoms. The fourth-order valence-electron chi connectivity index (χ4n) is 2.67. The van der Waals surface area contributed by atoms with Gasteiger partial charge in [-0.1, -0.05) is 29.3 Å². The van der Waals surface area contributed by atoms with E-state index < -0.39 is 0 Å². The van der Waals surface area contributed by atoms with Gasteiger partial charge in [0.25, 0.3) is 5.91 Å². The molecule has 6 heteroatoms. The van der Waals surface area contributed by atoms with Gasteiger partial charge >= 0.3 is 0 Å². The molecule has 2 aromatic rings. The summed E-state index contributed by atoms with van der Waals surface area (Å²) in [6.45, 7) is 2.69. The molecule has 1 heterocycles. The monoisotopic (exact) mass is 350 g/mol. The summed E-state index contributed by atoms with van der Waals surface area (Å²) in [4.78, 5) is 16.6. The fraction of sp³-hybridized carbons (Fsp3) is 0.235. The lowest BCUT2D eigenvalue weighted by Crippen LogP contribution is -2.48. The average Bonchev–Trinajstić information content (AvgIpc) is 2.58. The van der Waals surface area contributed by atoms with Crippen LogP contribution in [-0.2, 0) is 0 Å². The van der Waals surface area contributed by atoms with Gasteiger partial charge in [-0.2, -0.15) is 0 Å². The summed E-state index contributed by atoms with van der Waals surface area (Å²) in [5.74, 6) is 0.154. The predicted octanol–water partition coefficient (Wildman–Crippen LogP) is 3.66. The lowest BCUT2D eigenvalue weighted by molar-refractivity contribution is 0.0747. The first-order valence-electron chi connectivity index (χ1n) is 7.33. The number of benzene rings is 2. The first-order chi connectivity index (χ1) is 11.1. The molecule has 0 unspecified atom stereocenters. The number of amides is 1. The predicted molar refractivity (Wildman–Crippen MR) is 92.7 cm³/mol. The molecule has 1 N–H and O–H groups in total. The van der Waals surface area contributed by atoms with Crippen LogP contribution in [0.3, 0.4) is 0 Å². The van der Waals surface area contributed by atoms with Crippen molar-refractivity contribution in [2.45, 2.75) is 0 Å². The van der Waals surface area contributed by atoms with Gasteiger partial charge in [0.15, 0.2) is 0 Å². The van der Waals surface area contributed by atoms with Crippen molar-refractivity contribution in [3.8, 4) is 5.75 Å². The van der Waals surface area contributed by atoms with Gasteiger partial charge in [-0.3, -0.25) is 4.79 Å². The first kappa shape index (κ1) is 16.0. The molecule has 120 valence electrons. The second-order valence-corrected chi connectivity index (χ2v) is 6.18. The zero-order chi connectivity index (χ0) is 16.4. The van der Waals surface area contributed by atoms with Gasteiger partial charge in [-0.25, -0.2) is 0 Å². The second kappa shape index (κ2) is 6.69. The molecule has 3 rings (SSSR count). The normalized spacial score (nSPS) is 14.9. The molecule has 2 aromatic carbocycles. The summed E-state index contributed by atoms with van der Waals surface area (Å²) in [6.07, 6.45) is 0. The minimum absolute atomic E-state index is 0.0946. The van der Waals surface area contributed by atoms with Crippen LogP contribution < -0.4 is 4.90 Å². The molecule has 0 atom stereocenters. The highest BCUT2D eigenvalue weighted by Crippen LogP contribution is 2.27. The third-order valence-electron chi connectivity index (χ3n) is 3.96. The van der Waals surface area contributed by atoms with Gasteiger partial charge in [-0.05, 0) is 36.4 Å². The van der Waals surface area contributed by atoms with E-state index in [0.717, 1.165) is 18.8 Å². The fourth-order valence-corrected chi connectivity index (χ4v) is 3.05.